The Hall–Kier alpha value is -0.103. The summed E-state index contributed by atoms with van der Waals surface area (Å²) in [5.41, 5.74) is 0. The van der Waals surface area contributed by atoms with Gasteiger partial charge in [-0.15, -0.1) is 20.5 Å². The number of azo groups is 4. The topological polar surface area (TPSA) is 98.9 Å². The first-order chi connectivity index (χ1) is 13.4. The molecule has 4 aliphatic heterocycles. The van der Waals surface area contributed by atoms with E-state index in [0.717, 1.165) is 0 Å². The lowest BCUT2D eigenvalue weighted by atomic mass is 10.5. The minimum absolute atomic E-state index is 0.0438. The highest BCUT2D eigenvalue weighted by Gasteiger charge is 2.85. The molecule has 0 amide bonds. The van der Waals surface area contributed by atoms with Crippen LogP contribution in [-0.4, -0.2) is 26.6 Å². The van der Waals surface area contributed by atoms with Crippen LogP contribution in [0.4, 0.5) is 0 Å². The molecule has 0 saturated heterocycles. The molecule has 4 rings (SSSR count). The van der Waals surface area contributed by atoms with E-state index >= 15 is 0 Å². The second-order valence-corrected chi connectivity index (χ2v) is 15.8. The van der Waals surface area contributed by atoms with Crippen LogP contribution in [0, 0.1) is 0 Å². The number of alkyl halides is 4. The molecule has 0 N–H and O–H groups in total. The number of nitrogens with zero attached hydrogens (tertiary/aromatic N) is 8. The fraction of sp³-hybridized carbons (Fsp3) is 0.333. The number of hydrogen-bond acceptors (Lipinski definition) is 8. The fourth-order valence-electron chi connectivity index (χ4n) is 3.55. The van der Waals surface area contributed by atoms with E-state index in [1.54, 1.807) is 0 Å². The van der Waals surface area contributed by atoms with Crippen molar-refractivity contribution in [3.8, 4) is 0 Å². The quantitative estimate of drug-likeness (QED) is 0.189. The van der Waals surface area contributed by atoms with Gasteiger partial charge in [-0.25, -0.2) is 0 Å². The van der Waals surface area contributed by atoms with Gasteiger partial charge in [-0.3, -0.25) is 0 Å². The predicted octanol–water partition coefficient (Wildman–Crippen LogP) is 7.52. The molecule has 8 nitrogen and oxygen atoms in total. The summed E-state index contributed by atoms with van der Waals surface area (Å²) >= 11 is 52.3. The SMILES string of the molecule is ClC1=CC(Cl)([Si](C2(Cl)C=C(Cl)N=N2)(C2(Cl)C=C(Cl)N=N2)C2(Cl)C=C(Cl)N=N2)N=N1. The molecule has 0 saturated carbocycles. The first-order valence-electron chi connectivity index (χ1n) is 7.41. The summed E-state index contributed by atoms with van der Waals surface area (Å²) in [6, 6.07) is 0. The molecule has 29 heavy (non-hydrogen) atoms. The molecule has 152 valence electrons. The summed E-state index contributed by atoms with van der Waals surface area (Å²) in [6.45, 7) is 0. The molecule has 0 radical (unpaired) electrons. The monoisotopic (exact) mass is 568 g/mol. The fourth-order valence-corrected chi connectivity index (χ4v) is 16.7. The van der Waals surface area contributed by atoms with Gasteiger partial charge in [0.1, 0.15) is 0 Å². The third kappa shape index (κ3) is 2.93. The molecule has 0 aromatic heterocycles. The van der Waals surface area contributed by atoms with Crippen molar-refractivity contribution in [2.45, 2.75) is 18.5 Å². The molecule has 4 aliphatic rings. The van der Waals surface area contributed by atoms with Crippen LogP contribution in [0.2, 0.25) is 0 Å². The molecular weight excluding hydrogens is 568 g/mol. The molecule has 4 unspecified atom stereocenters. The average Bonchev–Trinajstić information content (AvgIpc) is 3.32. The molecule has 0 fully saturated rings. The van der Waals surface area contributed by atoms with Crippen molar-refractivity contribution in [1.29, 1.82) is 0 Å². The van der Waals surface area contributed by atoms with Gasteiger partial charge in [0, 0.05) is 0 Å². The van der Waals surface area contributed by atoms with E-state index in [1.807, 2.05) is 0 Å². The first-order valence-corrected chi connectivity index (χ1v) is 12.4. The zero-order chi connectivity index (χ0) is 21.3. The Labute approximate surface area is 204 Å². The summed E-state index contributed by atoms with van der Waals surface area (Å²) in [5, 5.41) is 31.6. The van der Waals surface area contributed by atoms with Crippen LogP contribution in [0.5, 0.6) is 0 Å². The lowest BCUT2D eigenvalue weighted by Gasteiger charge is -2.53. The second kappa shape index (κ2) is 6.95. The van der Waals surface area contributed by atoms with Crippen LogP contribution in [0.3, 0.4) is 0 Å². The van der Waals surface area contributed by atoms with Gasteiger partial charge in [0.25, 0.3) is 8.07 Å². The van der Waals surface area contributed by atoms with Gasteiger partial charge < -0.3 is 0 Å². The van der Waals surface area contributed by atoms with Crippen LogP contribution in [0.25, 0.3) is 0 Å². The molecule has 0 aromatic rings. The molecule has 0 aromatic carbocycles. The Bertz CT molecular complexity index is 885. The van der Waals surface area contributed by atoms with Gasteiger partial charge in [-0.2, -0.15) is 20.5 Å². The highest BCUT2D eigenvalue weighted by Crippen LogP contribution is 2.64. The molecule has 0 aliphatic carbocycles. The van der Waals surface area contributed by atoms with Crippen molar-refractivity contribution >= 4 is 101 Å². The summed E-state index contributed by atoms with van der Waals surface area (Å²) in [7, 11) is -4.35. The van der Waals surface area contributed by atoms with Crippen LogP contribution >= 0.6 is 92.8 Å². The largest absolute Gasteiger partial charge is 0.278 e. The van der Waals surface area contributed by atoms with E-state index < -0.39 is 26.6 Å². The smallest absolute Gasteiger partial charge is 0.164 e. The molecule has 17 heteroatoms. The average molecular weight is 572 g/mol. The maximum absolute atomic E-state index is 7.01. The summed E-state index contributed by atoms with van der Waals surface area (Å²) < 4.78 is -7.50. The normalized spacial score (nSPS) is 42.2. The van der Waals surface area contributed by atoms with Gasteiger partial charge in [0.15, 0.2) is 39.1 Å². The van der Waals surface area contributed by atoms with E-state index in [-0.39, 0.29) is 20.6 Å². The predicted molar refractivity (Wildman–Crippen MR) is 115 cm³/mol. The van der Waals surface area contributed by atoms with Gasteiger partial charge in [0.2, 0.25) is 0 Å². The number of hydrogen-bond donors (Lipinski definition) is 0. The summed E-state index contributed by atoms with van der Waals surface area (Å²) in [4.78, 5) is 0. The number of halogens is 8. The van der Waals surface area contributed by atoms with Crippen molar-refractivity contribution in [2.24, 2.45) is 40.9 Å². The van der Waals surface area contributed by atoms with Crippen LogP contribution in [0.1, 0.15) is 0 Å². The van der Waals surface area contributed by atoms with E-state index in [1.165, 1.54) is 24.3 Å². The Morgan fingerprint density at radius 1 is 0.483 bits per heavy atom. The third-order valence-electron chi connectivity index (χ3n) is 4.51. The zero-order valence-electron chi connectivity index (χ0n) is 13.4. The summed E-state index contributed by atoms with van der Waals surface area (Å²) in [5.74, 6) is 0. The first kappa shape index (κ1) is 22.1. The maximum atomic E-state index is 7.01. The van der Waals surface area contributed by atoms with Crippen molar-refractivity contribution in [1.82, 2.24) is 0 Å². The molecular formula is C12H4Cl8N8Si. The van der Waals surface area contributed by atoms with E-state index in [9.17, 15) is 0 Å². The Morgan fingerprint density at radius 3 is 0.828 bits per heavy atom. The van der Waals surface area contributed by atoms with E-state index in [4.69, 9.17) is 92.8 Å². The van der Waals surface area contributed by atoms with Gasteiger partial charge in [-0.05, 0) is 24.3 Å². The Balaban J connectivity index is 2.17. The van der Waals surface area contributed by atoms with Gasteiger partial charge in [-0.1, -0.05) is 92.8 Å². The van der Waals surface area contributed by atoms with E-state index in [2.05, 4.69) is 40.9 Å². The maximum Gasteiger partial charge on any atom is 0.278 e. The van der Waals surface area contributed by atoms with E-state index in [0.29, 0.717) is 0 Å². The highest BCUT2D eigenvalue weighted by atomic mass is 35.5. The van der Waals surface area contributed by atoms with Crippen molar-refractivity contribution in [3.63, 3.8) is 0 Å². The van der Waals surface area contributed by atoms with Crippen molar-refractivity contribution in [3.05, 3.63) is 44.9 Å². The highest BCUT2D eigenvalue weighted by molar-refractivity contribution is 7.09. The van der Waals surface area contributed by atoms with Gasteiger partial charge in [0.05, 0.1) is 0 Å². The molecule has 0 spiro atoms. The lowest BCUT2D eigenvalue weighted by molar-refractivity contribution is 0.698. The minimum Gasteiger partial charge on any atom is -0.164 e. The zero-order valence-corrected chi connectivity index (χ0v) is 20.5. The van der Waals surface area contributed by atoms with Crippen LogP contribution in [-0.2, 0) is 0 Å². The van der Waals surface area contributed by atoms with Crippen LogP contribution in [0.15, 0.2) is 85.8 Å². The molecule has 0 bridgehead atoms. The summed E-state index contributed by atoms with van der Waals surface area (Å²) in [6.07, 6.45) is 5.23. The molecule has 4 atom stereocenters. The third-order valence-corrected chi connectivity index (χ3v) is 14.6. The number of rotatable bonds is 4. The standard InChI is InChI=1S/C12H4Cl8N8Si/c13-5-1-9(17,25-21-5)29(10(18)2-6(14)22-26-10,11(19)3-7(15)23-27-11)12(20)4-8(16)24-28-12/h1-4H. The Kier molecular flexibility index (Phi) is 5.30. The van der Waals surface area contributed by atoms with Gasteiger partial charge >= 0.3 is 0 Å². The van der Waals surface area contributed by atoms with Crippen molar-refractivity contribution < 1.29 is 0 Å². The minimum atomic E-state index is -4.35. The van der Waals surface area contributed by atoms with Crippen molar-refractivity contribution in [2.75, 3.05) is 0 Å². The Morgan fingerprint density at radius 2 is 0.690 bits per heavy atom. The molecule has 4 heterocycles. The van der Waals surface area contributed by atoms with Crippen LogP contribution < -0.4 is 0 Å². The second-order valence-electron chi connectivity index (χ2n) is 6.11. The lowest BCUT2D eigenvalue weighted by Crippen LogP contribution is -2.82.